The van der Waals surface area contributed by atoms with E-state index in [1.54, 1.807) is 31.1 Å². The highest BCUT2D eigenvalue weighted by atomic mass is 16.3. The Balaban J connectivity index is 1.48. The van der Waals surface area contributed by atoms with E-state index in [4.69, 9.17) is 4.42 Å². The minimum Gasteiger partial charge on any atom is -0.472 e. The average Bonchev–Trinajstić information content (AvgIpc) is 3.07. The van der Waals surface area contributed by atoms with Crippen molar-refractivity contribution in [2.75, 3.05) is 31.1 Å². The van der Waals surface area contributed by atoms with E-state index < -0.39 is 0 Å². The fourth-order valence-corrected chi connectivity index (χ4v) is 2.28. The summed E-state index contributed by atoms with van der Waals surface area (Å²) in [5.74, 6) is 0.857. The summed E-state index contributed by atoms with van der Waals surface area (Å²) in [5.41, 5.74) is 0.960. The van der Waals surface area contributed by atoms with Crippen molar-refractivity contribution in [3.8, 4) is 0 Å². The van der Waals surface area contributed by atoms with Gasteiger partial charge in [-0.3, -0.25) is 4.98 Å². The topological polar surface area (TPSA) is 74.5 Å². The van der Waals surface area contributed by atoms with Gasteiger partial charge in [0.1, 0.15) is 5.82 Å². The Morgan fingerprint density at radius 3 is 2.81 bits per heavy atom. The highest BCUT2D eigenvalue weighted by molar-refractivity contribution is 5.74. The van der Waals surface area contributed by atoms with Gasteiger partial charge in [0.25, 0.3) is 0 Å². The molecular formula is C14H17N5O2. The van der Waals surface area contributed by atoms with Crippen molar-refractivity contribution in [3.05, 3.63) is 42.7 Å². The van der Waals surface area contributed by atoms with Gasteiger partial charge in [-0.1, -0.05) is 0 Å². The maximum atomic E-state index is 12.1. The first-order valence-corrected chi connectivity index (χ1v) is 6.88. The van der Waals surface area contributed by atoms with Crippen LogP contribution in [0, 0.1) is 0 Å². The lowest BCUT2D eigenvalue weighted by Gasteiger charge is -2.35. The van der Waals surface area contributed by atoms with Crippen LogP contribution in [0.25, 0.3) is 0 Å². The summed E-state index contributed by atoms with van der Waals surface area (Å²) in [5, 5.41) is 2.89. The van der Waals surface area contributed by atoms with Crippen LogP contribution in [0.3, 0.4) is 0 Å². The van der Waals surface area contributed by atoms with Crippen LogP contribution in [0.1, 0.15) is 5.56 Å². The number of anilines is 1. The van der Waals surface area contributed by atoms with Gasteiger partial charge in [-0.05, 0) is 6.07 Å². The van der Waals surface area contributed by atoms with Gasteiger partial charge in [0.15, 0.2) is 0 Å². The van der Waals surface area contributed by atoms with E-state index >= 15 is 0 Å². The number of hydrogen-bond donors (Lipinski definition) is 1. The molecule has 0 radical (unpaired) electrons. The van der Waals surface area contributed by atoms with E-state index in [9.17, 15) is 4.79 Å². The molecule has 0 unspecified atom stereocenters. The molecular weight excluding hydrogens is 270 g/mol. The molecule has 7 heteroatoms. The van der Waals surface area contributed by atoms with E-state index in [0.717, 1.165) is 24.5 Å². The van der Waals surface area contributed by atoms with Gasteiger partial charge in [-0.15, -0.1) is 0 Å². The van der Waals surface area contributed by atoms with Gasteiger partial charge in [-0.25, -0.2) is 9.78 Å². The summed E-state index contributed by atoms with van der Waals surface area (Å²) < 4.78 is 4.97. The standard InChI is InChI=1S/C14H17N5O2/c20-14(17-9-12-1-8-21-11-12)19-6-4-18(5-7-19)13-10-15-2-3-16-13/h1-3,8,10-11H,4-7,9H2,(H,17,20). The SMILES string of the molecule is O=C(NCc1ccoc1)N1CCN(c2cnccn2)CC1. The maximum absolute atomic E-state index is 12.1. The van der Waals surface area contributed by atoms with E-state index in [2.05, 4.69) is 20.2 Å². The minimum absolute atomic E-state index is 0.0463. The van der Waals surface area contributed by atoms with Crippen molar-refractivity contribution in [2.24, 2.45) is 0 Å². The first-order valence-electron chi connectivity index (χ1n) is 6.88. The summed E-state index contributed by atoms with van der Waals surface area (Å²) in [6.45, 7) is 3.36. The quantitative estimate of drug-likeness (QED) is 0.915. The van der Waals surface area contributed by atoms with Gasteiger partial charge in [-0.2, -0.15) is 0 Å². The molecule has 2 amide bonds. The molecule has 1 aliphatic rings. The summed E-state index contributed by atoms with van der Waals surface area (Å²) in [4.78, 5) is 24.4. The fourth-order valence-electron chi connectivity index (χ4n) is 2.28. The van der Waals surface area contributed by atoms with E-state index in [1.807, 2.05) is 11.0 Å². The predicted octanol–water partition coefficient (Wildman–Crippen LogP) is 1.10. The highest BCUT2D eigenvalue weighted by Gasteiger charge is 2.21. The first kappa shape index (κ1) is 13.4. The largest absolute Gasteiger partial charge is 0.472 e. The minimum atomic E-state index is -0.0463. The summed E-state index contributed by atoms with van der Waals surface area (Å²) in [6, 6.07) is 1.79. The number of rotatable bonds is 3. The molecule has 0 bridgehead atoms. The highest BCUT2D eigenvalue weighted by Crippen LogP contribution is 2.11. The van der Waals surface area contributed by atoms with Crippen LogP contribution in [-0.2, 0) is 6.54 Å². The Labute approximate surface area is 122 Å². The molecule has 3 heterocycles. The molecule has 1 aliphatic heterocycles. The molecule has 1 fully saturated rings. The number of aromatic nitrogens is 2. The zero-order valence-corrected chi connectivity index (χ0v) is 11.6. The van der Waals surface area contributed by atoms with Crippen LogP contribution in [0.15, 0.2) is 41.6 Å². The third kappa shape index (κ3) is 3.31. The van der Waals surface area contributed by atoms with Crippen molar-refractivity contribution in [2.45, 2.75) is 6.54 Å². The van der Waals surface area contributed by atoms with Gasteiger partial charge in [0, 0.05) is 50.7 Å². The normalized spacial score (nSPS) is 15.0. The zero-order chi connectivity index (χ0) is 14.5. The summed E-state index contributed by atoms with van der Waals surface area (Å²) in [7, 11) is 0. The number of furan rings is 1. The second kappa shape index (κ2) is 6.25. The van der Waals surface area contributed by atoms with Crippen molar-refractivity contribution in [1.82, 2.24) is 20.2 Å². The molecule has 3 rings (SSSR count). The van der Waals surface area contributed by atoms with Crippen LogP contribution in [-0.4, -0.2) is 47.1 Å². The molecule has 1 saturated heterocycles. The Morgan fingerprint density at radius 1 is 1.29 bits per heavy atom. The molecule has 0 spiro atoms. The van der Waals surface area contributed by atoms with Gasteiger partial charge in [0.2, 0.25) is 0 Å². The number of hydrogen-bond acceptors (Lipinski definition) is 5. The number of piperazine rings is 1. The number of amides is 2. The Hall–Kier alpha value is -2.57. The van der Waals surface area contributed by atoms with Gasteiger partial charge in [0.05, 0.1) is 18.7 Å². The second-order valence-electron chi connectivity index (χ2n) is 4.83. The molecule has 110 valence electrons. The number of urea groups is 1. The lowest BCUT2D eigenvalue weighted by molar-refractivity contribution is 0.194. The Bertz CT molecular complexity index is 564. The second-order valence-corrected chi connectivity index (χ2v) is 4.83. The van der Waals surface area contributed by atoms with Crippen molar-refractivity contribution < 1.29 is 9.21 Å². The van der Waals surface area contributed by atoms with E-state index in [-0.39, 0.29) is 6.03 Å². The first-order chi connectivity index (χ1) is 10.3. The maximum Gasteiger partial charge on any atom is 0.317 e. The molecule has 7 nitrogen and oxygen atoms in total. The molecule has 2 aromatic rings. The Morgan fingerprint density at radius 2 is 2.14 bits per heavy atom. The summed E-state index contributed by atoms with van der Waals surface area (Å²) in [6.07, 6.45) is 8.31. The number of carbonyl (C=O) groups excluding carboxylic acids is 1. The van der Waals surface area contributed by atoms with Crippen LogP contribution >= 0.6 is 0 Å². The molecule has 0 atom stereocenters. The Kier molecular flexibility index (Phi) is 3.99. The summed E-state index contributed by atoms with van der Waals surface area (Å²) >= 11 is 0. The third-order valence-corrected chi connectivity index (χ3v) is 3.46. The molecule has 0 aliphatic carbocycles. The van der Waals surface area contributed by atoms with Crippen LogP contribution < -0.4 is 10.2 Å². The molecule has 2 aromatic heterocycles. The van der Waals surface area contributed by atoms with Crippen molar-refractivity contribution >= 4 is 11.8 Å². The molecule has 0 aromatic carbocycles. The monoisotopic (exact) mass is 287 g/mol. The van der Waals surface area contributed by atoms with Crippen LogP contribution in [0.2, 0.25) is 0 Å². The fraction of sp³-hybridized carbons (Fsp3) is 0.357. The van der Waals surface area contributed by atoms with E-state index in [0.29, 0.717) is 19.6 Å². The van der Waals surface area contributed by atoms with E-state index in [1.165, 1.54) is 0 Å². The average molecular weight is 287 g/mol. The lowest BCUT2D eigenvalue weighted by atomic mass is 10.3. The molecule has 0 saturated carbocycles. The lowest BCUT2D eigenvalue weighted by Crippen LogP contribution is -2.51. The number of nitrogens with zero attached hydrogens (tertiary/aromatic N) is 4. The molecule has 21 heavy (non-hydrogen) atoms. The van der Waals surface area contributed by atoms with Crippen molar-refractivity contribution in [3.63, 3.8) is 0 Å². The van der Waals surface area contributed by atoms with Crippen molar-refractivity contribution in [1.29, 1.82) is 0 Å². The predicted molar refractivity (Wildman–Crippen MR) is 76.8 cm³/mol. The zero-order valence-electron chi connectivity index (χ0n) is 11.6. The third-order valence-electron chi connectivity index (χ3n) is 3.46. The number of carbonyl (C=O) groups is 1. The molecule has 1 N–H and O–H groups in total. The van der Waals surface area contributed by atoms with Crippen LogP contribution in [0.4, 0.5) is 10.6 Å². The number of nitrogens with one attached hydrogen (secondary N) is 1. The van der Waals surface area contributed by atoms with Crippen LogP contribution in [0.5, 0.6) is 0 Å². The van der Waals surface area contributed by atoms with Gasteiger partial charge >= 0.3 is 6.03 Å². The smallest absolute Gasteiger partial charge is 0.317 e. The van der Waals surface area contributed by atoms with Gasteiger partial charge < -0.3 is 19.5 Å².